The van der Waals surface area contributed by atoms with E-state index in [9.17, 15) is 15.3 Å². The molecule has 0 bridgehead atoms. The minimum absolute atomic E-state index is 0. The highest BCUT2D eigenvalue weighted by atomic mass is 35.5. The van der Waals surface area contributed by atoms with Crippen molar-refractivity contribution < 1.29 is 19.7 Å². The normalized spacial score (nSPS) is 12.4. The number of rotatable bonds is 9. The fraction of sp³-hybridized carbons (Fsp3) is 0.348. The van der Waals surface area contributed by atoms with Crippen LogP contribution in [0.1, 0.15) is 37.3 Å². The van der Waals surface area contributed by atoms with Gasteiger partial charge in [-0.25, -0.2) is 4.98 Å². The number of nitrogens with two attached hydrogens (primary N) is 1. The lowest BCUT2D eigenvalue weighted by molar-refractivity contribution is 0.0618. The van der Waals surface area contributed by atoms with Crippen LogP contribution in [-0.4, -0.2) is 39.1 Å². The molecule has 0 saturated carbocycles. The van der Waals surface area contributed by atoms with E-state index in [0.29, 0.717) is 5.56 Å². The topological polar surface area (TPSA) is 113 Å². The lowest BCUT2D eigenvalue weighted by atomic mass is 9.91. The van der Waals surface area contributed by atoms with Crippen molar-refractivity contribution in [3.8, 4) is 22.4 Å². The summed E-state index contributed by atoms with van der Waals surface area (Å²) in [7, 11) is 0. The summed E-state index contributed by atoms with van der Waals surface area (Å²) in [5.74, 6) is 0.754. The first-order valence-corrected chi connectivity index (χ1v) is 9.82. The highest BCUT2D eigenvalue weighted by molar-refractivity contribution is 5.85. The highest BCUT2D eigenvalue weighted by Gasteiger charge is 2.27. The quantitative estimate of drug-likeness (QED) is 0.411. The minimum atomic E-state index is -1.20. The number of halogens is 1. The SMILES string of the molecule is CCCc1nc(-c2ccc(-c3ccc(C(O)CC(N)(CO)CO)cc3)cc2)co1.Cl. The maximum atomic E-state index is 10.4. The summed E-state index contributed by atoms with van der Waals surface area (Å²) < 4.78 is 5.49. The second-order valence-corrected chi connectivity index (χ2v) is 7.47. The molecule has 1 unspecified atom stereocenters. The number of aliphatic hydroxyl groups is 3. The fourth-order valence-electron chi connectivity index (χ4n) is 3.19. The van der Waals surface area contributed by atoms with E-state index in [4.69, 9.17) is 10.2 Å². The molecule has 0 spiro atoms. The Bertz CT molecular complexity index is 906. The van der Waals surface area contributed by atoms with E-state index in [-0.39, 0.29) is 18.8 Å². The van der Waals surface area contributed by atoms with Crippen LogP contribution in [0, 0.1) is 0 Å². The highest BCUT2D eigenvalue weighted by Crippen LogP contribution is 2.28. The predicted octanol–water partition coefficient (Wildman–Crippen LogP) is 3.49. The molecule has 162 valence electrons. The van der Waals surface area contributed by atoms with Gasteiger partial charge < -0.3 is 25.5 Å². The van der Waals surface area contributed by atoms with E-state index in [1.54, 1.807) is 6.26 Å². The summed E-state index contributed by atoms with van der Waals surface area (Å²) >= 11 is 0. The summed E-state index contributed by atoms with van der Waals surface area (Å²) in [6.07, 6.45) is 2.73. The van der Waals surface area contributed by atoms with Gasteiger partial charge in [-0.3, -0.25) is 0 Å². The third kappa shape index (κ3) is 5.68. The van der Waals surface area contributed by atoms with E-state index in [2.05, 4.69) is 11.9 Å². The average molecular weight is 433 g/mol. The summed E-state index contributed by atoms with van der Waals surface area (Å²) in [5, 5.41) is 29.0. The van der Waals surface area contributed by atoms with Crippen molar-refractivity contribution in [1.29, 1.82) is 0 Å². The van der Waals surface area contributed by atoms with Crippen LogP contribution in [0.25, 0.3) is 22.4 Å². The standard InChI is InChI=1S/C23H28N2O4.ClH/c1-2-3-22-25-20(13-29-22)18-8-4-16(5-9-18)17-6-10-19(11-7-17)21(28)12-23(24,14-26)15-27;/h4-11,13,21,26-28H,2-3,12,14-15,24H2,1H3;1H. The number of aromatic nitrogens is 1. The lowest BCUT2D eigenvalue weighted by Gasteiger charge is -2.27. The monoisotopic (exact) mass is 432 g/mol. The van der Waals surface area contributed by atoms with Crippen LogP contribution in [0.2, 0.25) is 0 Å². The smallest absolute Gasteiger partial charge is 0.194 e. The van der Waals surface area contributed by atoms with E-state index in [1.165, 1.54) is 0 Å². The van der Waals surface area contributed by atoms with Crippen LogP contribution in [0.15, 0.2) is 59.2 Å². The Hall–Kier alpha value is -2.22. The van der Waals surface area contributed by atoms with E-state index in [0.717, 1.165) is 41.1 Å². The predicted molar refractivity (Wildman–Crippen MR) is 119 cm³/mol. The second kappa shape index (κ2) is 10.7. The van der Waals surface area contributed by atoms with Gasteiger partial charge in [-0.15, -0.1) is 12.4 Å². The molecule has 30 heavy (non-hydrogen) atoms. The fourth-order valence-corrected chi connectivity index (χ4v) is 3.19. The molecular weight excluding hydrogens is 404 g/mol. The number of benzene rings is 2. The third-order valence-corrected chi connectivity index (χ3v) is 5.05. The van der Waals surface area contributed by atoms with Crippen LogP contribution in [0.4, 0.5) is 0 Å². The van der Waals surface area contributed by atoms with Crippen LogP contribution >= 0.6 is 12.4 Å². The molecule has 1 heterocycles. The summed E-state index contributed by atoms with van der Waals surface area (Å²) in [4.78, 5) is 4.51. The zero-order valence-electron chi connectivity index (χ0n) is 17.0. The lowest BCUT2D eigenvalue weighted by Crippen LogP contribution is -2.48. The number of nitrogens with zero attached hydrogens (tertiary/aromatic N) is 1. The molecule has 5 N–H and O–H groups in total. The second-order valence-electron chi connectivity index (χ2n) is 7.47. The Balaban J connectivity index is 0.00000320. The molecule has 0 aliphatic rings. The maximum absolute atomic E-state index is 10.4. The summed E-state index contributed by atoms with van der Waals surface area (Å²) in [6, 6.07) is 15.6. The molecule has 3 aromatic rings. The molecule has 0 aliphatic heterocycles. The molecule has 2 aromatic carbocycles. The van der Waals surface area contributed by atoms with E-state index < -0.39 is 24.9 Å². The first kappa shape index (κ1) is 24.1. The van der Waals surface area contributed by atoms with Crippen molar-refractivity contribution in [2.45, 2.75) is 37.8 Å². The van der Waals surface area contributed by atoms with Gasteiger partial charge in [0.25, 0.3) is 0 Å². The van der Waals surface area contributed by atoms with Crippen molar-refractivity contribution in [2.24, 2.45) is 5.73 Å². The maximum Gasteiger partial charge on any atom is 0.194 e. The van der Waals surface area contributed by atoms with Gasteiger partial charge in [0.1, 0.15) is 12.0 Å². The molecule has 0 radical (unpaired) electrons. The first-order chi connectivity index (χ1) is 14.0. The number of aryl methyl sites for hydroxylation is 1. The van der Waals surface area contributed by atoms with Crippen molar-refractivity contribution in [1.82, 2.24) is 4.98 Å². The van der Waals surface area contributed by atoms with Crippen LogP contribution in [0.3, 0.4) is 0 Å². The van der Waals surface area contributed by atoms with Gasteiger partial charge >= 0.3 is 0 Å². The Morgan fingerprint density at radius 3 is 2.03 bits per heavy atom. The molecule has 0 aliphatic carbocycles. The number of oxazole rings is 1. The molecule has 0 amide bonds. The van der Waals surface area contributed by atoms with Gasteiger partial charge in [-0.1, -0.05) is 55.5 Å². The number of hydrogen-bond donors (Lipinski definition) is 4. The number of aliphatic hydroxyl groups excluding tert-OH is 3. The molecule has 0 fully saturated rings. The molecule has 1 aromatic heterocycles. The Kier molecular flexibility index (Phi) is 8.58. The number of hydrogen-bond acceptors (Lipinski definition) is 6. The van der Waals surface area contributed by atoms with Gasteiger partial charge in [-0.2, -0.15) is 0 Å². The van der Waals surface area contributed by atoms with Gasteiger partial charge in [0, 0.05) is 12.0 Å². The molecule has 7 heteroatoms. The minimum Gasteiger partial charge on any atom is -0.448 e. The van der Waals surface area contributed by atoms with Gasteiger partial charge in [0.05, 0.1) is 24.9 Å². The Labute approximate surface area is 182 Å². The third-order valence-electron chi connectivity index (χ3n) is 5.05. The first-order valence-electron chi connectivity index (χ1n) is 9.82. The molecule has 3 rings (SSSR count). The van der Waals surface area contributed by atoms with Crippen LogP contribution in [-0.2, 0) is 6.42 Å². The van der Waals surface area contributed by atoms with Gasteiger partial charge in [0.15, 0.2) is 5.89 Å². The van der Waals surface area contributed by atoms with Crippen LogP contribution in [0.5, 0.6) is 0 Å². The molecule has 6 nitrogen and oxygen atoms in total. The van der Waals surface area contributed by atoms with Gasteiger partial charge in [-0.05, 0) is 29.5 Å². The van der Waals surface area contributed by atoms with E-state index >= 15 is 0 Å². The van der Waals surface area contributed by atoms with E-state index in [1.807, 2.05) is 48.5 Å². The van der Waals surface area contributed by atoms with Crippen molar-refractivity contribution in [2.75, 3.05) is 13.2 Å². The Morgan fingerprint density at radius 2 is 1.50 bits per heavy atom. The molecule has 0 saturated heterocycles. The summed E-state index contributed by atoms with van der Waals surface area (Å²) in [5.41, 5.74) is 9.24. The van der Waals surface area contributed by atoms with Crippen LogP contribution < -0.4 is 5.73 Å². The zero-order valence-corrected chi connectivity index (χ0v) is 17.8. The van der Waals surface area contributed by atoms with Crippen molar-refractivity contribution >= 4 is 12.4 Å². The molecule has 1 atom stereocenters. The van der Waals surface area contributed by atoms with Crippen molar-refractivity contribution in [3.05, 3.63) is 66.2 Å². The Morgan fingerprint density at radius 1 is 0.967 bits per heavy atom. The largest absolute Gasteiger partial charge is 0.448 e. The zero-order chi connectivity index (χ0) is 20.9. The summed E-state index contributed by atoms with van der Waals surface area (Å²) in [6.45, 7) is 1.31. The average Bonchev–Trinajstić information content (AvgIpc) is 3.23. The van der Waals surface area contributed by atoms with Crippen molar-refractivity contribution in [3.63, 3.8) is 0 Å². The molecular formula is C23H29ClN2O4. The van der Waals surface area contributed by atoms with Gasteiger partial charge in [0.2, 0.25) is 0 Å².